The Balaban J connectivity index is 0.00000180. The Bertz CT molecular complexity index is 759. The average Bonchev–Trinajstić information content (AvgIpc) is 2.25. The molecule has 0 saturated carbocycles. The highest BCUT2D eigenvalue weighted by atomic mass is 32.2. The number of fused-ring (bicyclic) bond motifs is 1. The number of hydrogen-bond acceptors (Lipinski definition) is 5. The van der Waals surface area contributed by atoms with Gasteiger partial charge in [0.25, 0.3) is 20.2 Å². The lowest BCUT2D eigenvalue weighted by Gasteiger charge is -2.03. The van der Waals surface area contributed by atoms with Gasteiger partial charge in [0.2, 0.25) is 0 Å². The monoisotopic (exact) mass is 305 g/mol. The summed E-state index contributed by atoms with van der Waals surface area (Å²) >= 11 is 0. The summed E-state index contributed by atoms with van der Waals surface area (Å²) in [7, 11) is -8.71. The van der Waals surface area contributed by atoms with E-state index in [4.69, 9.17) is 9.11 Å². The molecule has 0 aliphatic rings. The fourth-order valence-electron chi connectivity index (χ4n) is 1.52. The van der Waals surface area contributed by atoms with Crippen LogP contribution < -0.4 is 6.15 Å². The molecule has 2 aromatic carbocycles. The summed E-state index contributed by atoms with van der Waals surface area (Å²) in [6.07, 6.45) is 0. The highest BCUT2D eigenvalue weighted by Crippen LogP contribution is 2.22. The summed E-state index contributed by atoms with van der Waals surface area (Å²) in [5.74, 6) is 0. The van der Waals surface area contributed by atoms with Crippen molar-refractivity contribution in [1.82, 2.24) is 6.15 Å². The van der Waals surface area contributed by atoms with E-state index in [9.17, 15) is 16.8 Å². The van der Waals surface area contributed by atoms with Crippen LogP contribution in [0.4, 0.5) is 0 Å². The molecule has 2 rings (SSSR count). The second-order valence-corrected chi connectivity index (χ2v) is 6.46. The van der Waals surface area contributed by atoms with Gasteiger partial charge in [-0.05, 0) is 35.0 Å². The Labute approximate surface area is 110 Å². The van der Waals surface area contributed by atoms with Crippen LogP contribution in [0.15, 0.2) is 46.2 Å². The van der Waals surface area contributed by atoms with Crippen molar-refractivity contribution < 1.29 is 25.9 Å². The molecule has 2 aromatic rings. The van der Waals surface area contributed by atoms with E-state index in [1.807, 2.05) is 0 Å². The Kier molecular flexibility index (Phi) is 3.98. The van der Waals surface area contributed by atoms with Gasteiger partial charge in [0.1, 0.15) is 0 Å². The molecule has 0 aromatic heterocycles. The molecule has 0 aliphatic heterocycles. The molecule has 0 saturated heterocycles. The predicted octanol–water partition coefficient (Wildman–Crippen LogP) is 1.50. The van der Waals surface area contributed by atoms with Crippen molar-refractivity contribution in [2.75, 3.05) is 0 Å². The van der Waals surface area contributed by atoms with Crippen molar-refractivity contribution in [3.05, 3.63) is 36.4 Å². The molecule has 0 spiro atoms. The van der Waals surface area contributed by atoms with Gasteiger partial charge in [-0.15, -0.1) is 0 Å². The van der Waals surface area contributed by atoms with E-state index in [1.165, 1.54) is 24.3 Å². The summed E-state index contributed by atoms with van der Waals surface area (Å²) in [6.45, 7) is 0. The second-order valence-electron chi connectivity index (χ2n) is 3.62. The second kappa shape index (κ2) is 4.87. The molecular formula is C10H11NO6S2. The SMILES string of the molecule is N.O=S(=O)(O)c1ccc2ccc(S(=O)(=O)O)cc2c1. The first-order valence-corrected chi connectivity index (χ1v) is 7.55. The van der Waals surface area contributed by atoms with Crippen molar-refractivity contribution in [1.29, 1.82) is 0 Å². The number of hydrogen-bond donors (Lipinski definition) is 3. The summed E-state index contributed by atoms with van der Waals surface area (Å²) in [4.78, 5) is -0.690. The topological polar surface area (TPSA) is 144 Å². The molecule has 7 nitrogen and oxygen atoms in total. The lowest BCUT2D eigenvalue weighted by Crippen LogP contribution is -1.99. The number of benzene rings is 2. The van der Waals surface area contributed by atoms with Gasteiger partial charge in [0.15, 0.2) is 0 Å². The van der Waals surface area contributed by atoms with E-state index in [2.05, 4.69) is 0 Å². The molecule has 9 heteroatoms. The first-order chi connectivity index (χ1) is 8.18. The minimum absolute atomic E-state index is 0. The minimum atomic E-state index is -4.35. The van der Waals surface area contributed by atoms with Gasteiger partial charge in [-0.25, -0.2) is 0 Å². The summed E-state index contributed by atoms with van der Waals surface area (Å²) in [6, 6.07) is 7.49. The Morgan fingerprint density at radius 1 is 0.684 bits per heavy atom. The molecule has 0 radical (unpaired) electrons. The van der Waals surface area contributed by atoms with E-state index in [0.29, 0.717) is 5.39 Å². The molecular weight excluding hydrogens is 294 g/mol. The van der Waals surface area contributed by atoms with Gasteiger partial charge >= 0.3 is 0 Å². The molecule has 5 N–H and O–H groups in total. The average molecular weight is 305 g/mol. The van der Waals surface area contributed by atoms with Crippen molar-refractivity contribution in [2.24, 2.45) is 0 Å². The fourth-order valence-corrected chi connectivity index (χ4v) is 2.56. The molecule has 0 fully saturated rings. The minimum Gasteiger partial charge on any atom is -0.344 e. The van der Waals surface area contributed by atoms with E-state index in [0.717, 1.165) is 12.1 Å². The van der Waals surface area contributed by atoms with E-state index in [-0.39, 0.29) is 21.3 Å². The summed E-state index contributed by atoms with van der Waals surface area (Å²) in [5.41, 5.74) is 0. The van der Waals surface area contributed by atoms with Crippen LogP contribution in [0.3, 0.4) is 0 Å². The van der Waals surface area contributed by atoms with Gasteiger partial charge in [-0.1, -0.05) is 12.1 Å². The van der Waals surface area contributed by atoms with Crippen molar-refractivity contribution in [3.8, 4) is 0 Å². The molecule has 0 heterocycles. The Morgan fingerprint density at radius 2 is 1.05 bits per heavy atom. The van der Waals surface area contributed by atoms with Crippen molar-refractivity contribution >= 4 is 31.0 Å². The Morgan fingerprint density at radius 3 is 1.37 bits per heavy atom. The standard InChI is InChI=1S/C10H8O6S2.H3N/c11-17(12,13)9-3-1-7-2-4-10(18(14,15)16)6-8(7)5-9;/h1-6H,(H,11,12,13)(H,14,15,16);1H3. The first kappa shape index (κ1) is 15.5. The van der Waals surface area contributed by atoms with Gasteiger partial charge < -0.3 is 6.15 Å². The van der Waals surface area contributed by atoms with E-state index < -0.39 is 20.2 Å². The maximum atomic E-state index is 10.9. The van der Waals surface area contributed by atoms with Crippen molar-refractivity contribution in [3.63, 3.8) is 0 Å². The zero-order valence-electron chi connectivity index (χ0n) is 9.52. The molecule has 0 bridgehead atoms. The van der Waals surface area contributed by atoms with Crippen LogP contribution in [0.2, 0.25) is 0 Å². The third-order valence-corrected chi connectivity index (χ3v) is 4.08. The third kappa shape index (κ3) is 3.28. The van der Waals surface area contributed by atoms with Gasteiger partial charge in [0, 0.05) is 0 Å². The van der Waals surface area contributed by atoms with Gasteiger partial charge in [-0.3, -0.25) is 9.11 Å². The Hall–Kier alpha value is -1.52. The van der Waals surface area contributed by atoms with E-state index in [1.54, 1.807) is 0 Å². The maximum absolute atomic E-state index is 10.9. The van der Waals surface area contributed by atoms with Gasteiger partial charge in [-0.2, -0.15) is 16.8 Å². The van der Waals surface area contributed by atoms with Crippen LogP contribution in [0.5, 0.6) is 0 Å². The highest BCUT2D eigenvalue weighted by Gasteiger charge is 2.13. The summed E-state index contributed by atoms with van der Waals surface area (Å²) in [5, 5.41) is 0.857. The lowest BCUT2D eigenvalue weighted by atomic mass is 10.1. The van der Waals surface area contributed by atoms with Gasteiger partial charge in [0.05, 0.1) is 9.79 Å². The van der Waals surface area contributed by atoms with Crippen LogP contribution in [-0.2, 0) is 20.2 Å². The van der Waals surface area contributed by atoms with E-state index >= 15 is 0 Å². The third-order valence-electron chi connectivity index (χ3n) is 2.38. The van der Waals surface area contributed by atoms with Crippen LogP contribution in [0.25, 0.3) is 10.8 Å². The van der Waals surface area contributed by atoms with Crippen molar-refractivity contribution in [2.45, 2.75) is 9.79 Å². The largest absolute Gasteiger partial charge is 0.344 e. The van der Waals surface area contributed by atoms with Crippen LogP contribution in [-0.4, -0.2) is 25.9 Å². The fraction of sp³-hybridized carbons (Fsp3) is 0. The smallest absolute Gasteiger partial charge is 0.294 e. The molecule has 0 aliphatic carbocycles. The highest BCUT2D eigenvalue weighted by molar-refractivity contribution is 7.86. The van der Waals surface area contributed by atoms with Crippen LogP contribution >= 0.6 is 0 Å². The molecule has 0 unspecified atom stereocenters. The lowest BCUT2D eigenvalue weighted by molar-refractivity contribution is 0.481. The normalized spacial score (nSPS) is 12.1. The van der Waals surface area contributed by atoms with Crippen LogP contribution in [0.1, 0.15) is 0 Å². The molecule has 0 amide bonds. The quantitative estimate of drug-likeness (QED) is 0.713. The molecule has 104 valence electrons. The zero-order chi connectivity index (χ0) is 13.6. The summed E-state index contributed by atoms with van der Waals surface area (Å²) < 4.78 is 61.5. The van der Waals surface area contributed by atoms with Crippen LogP contribution in [0, 0.1) is 0 Å². The predicted molar refractivity (Wildman–Crippen MR) is 68.6 cm³/mol. The molecule has 0 atom stereocenters. The molecule has 19 heavy (non-hydrogen) atoms. The maximum Gasteiger partial charge on any atom is 0.294 e. The number of rotatable bonds is 2. The zero-order valence-corrected chi connectivity index (χ0v) is 11.1. The first-order valence-electron chi connectivity index (χ1n) is 4.67.